The molecule has 0 aliphatic carbocycles. The van der Waals surface area contributed by atoms with Crippen molar-refractivity contribution in [1.29, 1.82) is 0 Å². The highest BCUT2D eigenvalue weighted by atomic mass is 16.1. The lowest BCUT2D eigenvalue weighted by Gasteiger charge is -2.14. The Labute approximate surface area is 75.7 Å². The minimum Gasteiger partial charge on any atom is -0.356 e. The Kier molecular flexibility index (Phi) is 5.77. The van der Waals surface area contributed by atoms with Crippen LogP contribution >= 0.6 is 0 Å². The molecule has 1 N–H and O–H groups in total. The fraction of sp³-hybridized carbons (Fsp3) is 0.900. The lowest BCUT2D eigenvalue weighted by molar-refractivity contribution is -0.125. The topological polar surface area (TPSA) is 29.1 Å². The van der Waals surface area contributed by atoms with Crippen molar-refractivity contribution >= 4 is 5.91 Å². The maximum absolute atomic E-state index is 11.3. The highest BCUT2D eigenvalue weighted by molar-refractivity contribution is 5.78. The first-order valence-electron chi connectivity index (χ1n) is 4.87. The minimum atomic E-state index is 0.141. The smallest absolute Gasteiger partial charge is 0.223 e. The largest absolute Gasteiger partial charge is 0.356 e. The highest BCUT2D eigenvalue weighted by Crippen LogP contribution is 2.08. The van der Waals surface area contributed by atoms with Gasteiger partial charge in [0.15, 0.2) is 0 Å². The zero-order chi connectivity index (χ0) is 9.56. The molecule has 0 fully saturated rings. The first kappa shape index (κ1) is 11.5. The van der Waals surface area contributed by atoms with Crippen LogP contribution in [-0.2, 0) is 4.79 Å². The predicted octanol–water partition coefficient (Wildman–Crippen LogP) is 2.19. The van der Waals surface area contributed by atoms with Crippen LogP contribution in [0.15, 0.2) is 0 Å². The van der Waals surface area contributed by atoms with Crippen LogP contribution in [0.5, 0.6) is 0 Å². The van der Waals surface area contributed by atoms with Crippen molar-refractivity contribution in [2.45, 2.75) is 40.5 Å². The maximum atomic E-state index is 11.3. The molecule has 1 atom stereocenters. The van der Waals surface area contributed by atoms with E-state index >= 15 is 0 Å². The normalized spacial score (nSPS) is 13.1. The number of amides is 1. The third-order valence-electron chi connectivity index (χ3n) is 2.24. The molecule has 0 unspecified atom stereocenters. The standard InChI is InChI=1S/C10H21NO/c1-5-6-7-11-10(12)9(4)8(2)3/h8-9H,5-7H2,1-4H3,(H,11,12)/t9-/m0/s1. The van der Waals surface area contributed by atoms with E-state index < -0.39 is 0 Å². The summed E-state index contributed by atoms with van der Waals surface area (Å²) < 4.78 is 0. The van der Waals surface area contributed by atoms with Crippen molar-refractivity contribution in [2.75, 3.05) is 6.54 Å². The fourth-order valence-electron chi connectivity index (χ4n) is 0.852. The van der Waals surface area contributed by atoms with Crippen molar-refractivity contribution < 1.29 is 4.79 Å². The van der Waals surface area contributed by atoms with Crippen molar-refractivity contribution in [3.63, 3.8) is 0 Å². The van der Waals surface area contributed by atoms with Gasteiger partial charge in [-0.1, -0.05) is 34.1 Å². The molecule has 0 heterocycles. The summed E-state index contributed by atoms with van der Waals surface area (Å²) in [6.45, 7) is 9.07. The summed E-state index contributed by atoms with van der Waals surface area (Å²) in [6, 6.07) is 0. The van der Waals surface area contributed by atoms with Crippen LogP contribution in [0, 0.1) is 11.8 Å². The number of rotatable bonds is 5. The second-order valence-corrected chi connectivity index (χ2v) is 3.68. The maximum Gasteiger partial charge on any atom is 0.223 e. The third-order valence-corrected chi connectivity index (χ3v) is 2.24. The first-order valence-corrected chi connectivity index (χ1v) is 4.87. The molecule has 12 heavy (non-hydrogen) atoms. The van der Waals surface area contributed by atoms with E-state index in [9.17, 15) is 4.79 Å². The number of hydrogen-bond donors (Lipinski definition) is 1. The predicted molar refractivity (Wildman–Crippen MR) is 51.9 cm³/mol. The van der Waals surface area contributed by atoms with E-state index in [0.717, 1.165) is 19.4 Å². The minimum absolute atomic E-state index is 0.141. The van der Waals surface area contributed by atoms with Gasteiger partial charge >= 0.3 is 0 Å². The Morgan fingerprint density at radius 1 is 1.33 bits per heavy atom. The molecule has 2 nitrogen and oxygen atoms in total. The van der Waals surface area contributed by atoms with Gasteiger partial charge in [-0.25, -0.2) is 0 Å². The van der Waals surface area contributed by atoms with E-state index in [-0.39, 0.29) is 11.8 Å². The average Bonchev–Trinajstić information content (AvgIpc) is 2.03. The summed E-state index contributed by atoms with van der Waals surface area (Å²) >= 11 is 0. The van der Waals surface area contributed by atoms with Gasteiger partial charge in [0.1, 0.15) is 0 Å². The summed E-state index contributed by atoms with van der Waals surface area (Å²) in [6.07, 6.45) is 2.22. The van der Waals surface area contributed by atoms with Crippen LogP contribution in [0.4, 0.5) is 0 Å². The molecule has 0 rings (SSSR count). The van der Waals surface area contributed by atoms with Gasteiger partial charge in [-0.2, -0.15) is 0 Å². The van der Waals surface area contributed by atoms with Crippen LogP contribution in [0.3, 0.4) is 0 Å². The van der Waals surface area contributed by atoms with Gasteiger partial charge in [-0.15, -0.1) is 0 Å². The fourth-order valence-corrected chi connectivity index (χ4v) is 0.852. The monoisotopic (exact) mass is 171 g/mol. The molecule has 0 bridgehead atoms. The van der Waals surface area contributed by atoms with Gasteiger partial charge in [0.05, 0.1) is 0 Å². The molecule has 0 spiro atoms. The summed E-state index contributed by atoms with van der Waals surface area (Å²) in [5, 5.41) is 2.93. The summed E-state index contributed by atoms with van der Waals surface area (Å²) in [5.74, 6) is 0.770. The molecule has 0 aromatic carbocycles. The summed E-state index contributed by atoms with van der Waals surface area (Å²) in [5.41, 5.74) is 0. The molecule has 2 heteroatoms. The Hall–Kier alpha value is -0.530. The first-order chi connectivity index (χ1) is 5.59. The molecule has 0 radical (unpaired) electrons. The van der Waals surface area contributed by atoms with Crippen LogP contribution in [0.2, 0.25) is 0 Å². The van der Waals surface area contributed by atoms with Gasteiger partial charge in [-0.3, -0.25) is 4.79 Å². The van der Waals surface area contributed by atoms with Gasteiger partial charge in [-0.05, 0) is 12.3 Å². The Balaban J connectivity index is 3.57. The van der Waals surface area contributed by atoms with Gasteiger partial charge in [0.2, 0.25) is 5.91 Å². The molecular weight excluding hydrogens is 150 g/mol. The molecule has 0 aromatic rings. The van der Waals surface area contributed by atoms with Crippen LogP contribution in [-0.4, -0.2) is 12.5 Å². The quantitative estimate of drug-likeness (QED) is 0.631. The zero-order valence-electron chi connectivity index (χ0n) is 8.68. The van der Waals surface area contributed by atoms with E-state index in [1.165, 1.54) is 0 Å². The molecule has 0 aromatic heterocycles. The zero-order valence-corrected chi connectivity index (χ0v) is 8.68. The number of carbonyl (C=O) groups excluding carboxylic acids is 1. The molecule has 72 valence electrons. The molecule has 0 saturated carbocycles. The third kappa shape index (κ3) is 4.37. The van der Waals surface area contributed by atoms with Gasteiger partial charge in [0, 0.05) is 12.5 Å². The molecule has 1 amide bonds. The number of unbranched alkanes of at least 4 members (excludes halogenated alkanes) is 1. The molecule has 0 aliphatic rings. The SMILES string of the molecule is CCCCNC(=O)[C@@H](C)C(C)C. The average molecular weight is 171 g/mol. The Morgan fingerprint density at radius 2 is 1.92 bits per heavy atom. The van der Waals surface area contributed by atoms with E-state index in [1.807, 2.05) is 6.92 Å². The van der Waals surface area contributed by atoms with E-state index in [4.69, 9.17) is 0 Å². The summed E-state index contributed by atoms with van der Waals surface area (Å²) in [4.78, 5) is 11.3. The Bertz CT molecular complexity index is 132. The number of hydrogen-bond acceptors (Lipinski definition) is 1. The van der Waals surface area contributed by atoms with E-state index in [1.54, 1.807) is 0 Å². The molecule has 0 saturated heterocycles. The van der Waals surface area contributed by atoms with Crippen molar-refractivity contribution in [2.24, 2.45) is 11.8 Å². The lowest BCUT2D eigenvalue weighted by Crippen LogP contribution is -2.32. The second-order valence-electron chi connectivity index (χ2n) is 3.68. The van der Waals surface area contributed by atoms with Gasteiger partial charge in [0.25, 0.3) is 0 Å². The second kappa shape index (κ2) is 6.04. The van der Waals surface area contributed by atoms with Crippen LogP contribution < -0.4 is 5.32 Å². The molecular formula is C10H21NO. The van der Waals surface area contributed by atoms with Crippen molar-refractivity contribution in [3.8, 4) is 0 Å². The highest BCUT2D eigenvalue weighted by Gasteiger charge is 2.15. The van der Waals surface area contributed by atoms with E-state index in [2.05, 4.69) is 26.1 Å². The number of carbonyl (C=O) groups is 1. The van der Waals surface area contributed by atoms with Crippen LogP contribution in [0.1, 0.15) is 40.5 Å². The van der Waals surface area contributed by atoms with E-state index in [0.29, 0.717) is 5.92 Å². The lowest BCUT2D eigenvalue weighted by atomic mass is 9.97. The van der Waals surface area contributed by atoms with Crippen LogP contribution in [0.25, 0.3) is 0 Å². The number of nitrogens with one attached hydrogen (secondary N) is 1. The van der Waals surface area contributed by atoms with Crippen molar-refractivity contribution in [3.05, 3.63) is 0 Å². The Morgan fingerprint density at radius 3 is 2.33 bits per heavy atom. The summed E-state index contributed by atoms with van der Waals surface area (Å²) in [7, 11) is 0. The molecule has 0 aliphatic heterocycles. The van der Waals surface area contributed by atoms with Gasteiger partial charge < -0.3 is 5.32 Å². The van der Waals surface area contributed by atoms with Crippen molar-refractivity contribution in [1.82, 2.24) is 5.32 Å².